The van der Waals surface area contributed by atoms with E-state index in [0.717, 1.165) is 11.5 Å². The minimum absolute atomic E-state index is 0.00234. The van der Waals surface area contributed by atoms with E-state index in [1.165, 1.54) is 18.5 Å². The van der Waals surface area contributed by atoms with Gasteiger partial charge < -0.3 is 10.1 Å². The van der Waals surface area contributed by atoms with E-state index >= 15 is 0 Å². The Balaban J connectivity index is 1.75. The van der Waals surface area contributed by atoms with Crippen LogP contribution in [0.2, 0.25) is 0 Å². The van der Waals surface area contributed by atoms with Gasteiger partial charge in [0.15, 0.2) is 11.8 Å². The Hall–Kier alpha value is -3.95. The van der Waals surface area contributed by atoms with Gasteiger partial charge in [-0.2, -0.15) is 5.10 Å². The number of pyridine rings is 1. The molecule has 4 rings (SSSR count). The molecule has 0 saturated heterocycles. The highest BCUT2D eigenvalue weighted by atomic mass is 19.1. The highest BCUT2D eigenvalue weighted by Crippen LogP contribution is 2.31. The second kappa shape index (κ2) is 8.89. The fourth-order valence-corrected chi connectivity index (χ4v) is 3.40. The zero-order valence-corrected chi connectivity index (χ0v) is 18.3. The van der Waals surface area contributed by atoms with Crippen molar-refractivity contribution in [1.29, 1.82) is 0 Å². The summed E-state index contributed by atoms with van der Waals surface area (Å²) < 4.78 is 33.4. The number of nitrogens with zero attached hydrogens (tertiary/aromatic N) is 4. The summed E-state index contributed by atoms with van der Waals surface area (Å²) in [5.74, 6) is -1.44. The molecule has 0 fully saturated rings. The lowest BCUT2D eigenvalue weighted by atomic mass is 9.98. The van der Waals surface area contributed by atoms with Gasteiger partial charge in [0.25, 0.3) is 0 Å². The van der Waals surface area contributed by atoms with Crippen LogP contribution in [0, 0.1) is 11.6 Å². The average molecular weight is 452 g/mol. The summed E-state index contributed by atoms with van der Waals surface area (Å²) in [6.45, 7) is 5.44. The van der Waals surface area contributed by atoms with Crippen LogP contribution in [0.5, 0.6) is 0 Å². The number of alkyl carbamates (subject to hydrolysis) is 1. The fraction of sp³-hybridized carbons (Fsp3) is 0.261. The van der Waals surface area contributed by atoms with Gasteiger partial charge in [-0.15, -0.1) is 0 Å². The lowest BCUT2D eigenvalue weighted by molar-refractivity contribution is 0.0890. The van der Waals surface area contributed by atoms with E-state index in [9.17, 15) is 13.6 Å². The zero-order chi connectivity index (χ0) is 23.6. The Morgan fingerprint density at radius 3 is 2.58 bits per heavy atom. The number of nitrogens with one attached hydrogen (secondary N) is 2. The van der Waals surface area contributed by atoms with Crippen LogP contribution in [0.1, 0.15) is 38.1 Å². The van der Waals surface area contributed by atoms with Crippen LogP contribution in [0.25, 0.3) is 22.2 Å². The number of carbonyl (C=O) groups excluding carboxylic acids is 1. The second-order valence-corrected chi connectivity index (χ2v) is 8.60. The molecule has 1 aromatic carbocycles. The predicted octanol–water partition coefficient (Wildman–Crippen LogP) is 4.50. The number of rotatable bonds is 5. The van der Waals surface area contributed by atoms with Crippen LogP contribution in [0.3, 0.4) is 0 Å². The summed E-state index contributed by atoms with van der Waals surface area (Å²) in [5, 5.41) is 10.3. The molecular formula is C23H22F2N6O2. The molecule has 33 heavy (non-hydrogen) atoms. The molecule has 0 aliphatic heterocycles. The van der Waals surface area contributed by atoms with Gasteiger partial charge in [0.05, 0.1) is 11.9 Å². The molecule has 170 valence electrons. The maximum Gasteiger partial charge on any atom is 0.408 e. The normalized spacial score (nSPS) is 12.5. The SMILES string of the molecule is CC(C)(C)NC(=O)O[C@@H](Cc1cc(F)cc(F)c1)c1ncncc1-c1cnc2[nH]ncc2c1. The van der Waals surface area contributed by atoms with Crippen molar-refractivity contribution in [2.24, 2.45) is 0 Å². The second-order valence-electron chi connectivity index (χ2n) is 8.60. The number of aromatic amines is 1. The van der Waals surface area contributed by atoms with Crippen molar-refractivity contribution in [2.75, 3.05) is 0 Å². The predicted molar refractivity (Wildman–Crippen MR) is 117 cm³/mol. The topological polar surface area (TPSA) is 106 Å². The smallest absolute Gasteiger partial charge is 0.408 e. The van der Waals surface area contributed by atoms with Gasteiger partial charge in [-0.1, -0.05) is 0 Å². The Labute approximate surface area is 188 Å². The Bertz CT molecular complexity index is 1280. The monoisotopic (exact) mass is 452 g/mol. The molecule has 3 aromatic heterocycles. The number of H-pyrrole nitrogens is 1. The van der Waals surface area contributed by atoms with E-state index in [0.29, 0.717) is 28.0 Å². The molecule has 4 aromatic rings. The van der Waals surface area contributed by atoms with E-state index in [-0.39, 0.29) is 6.42 Å². The first kappa shape index (κ1) is 22.3. The average Bonchev–Trinajstić information content (AvgIpc) is 3.19. The minimum atomic E-state index is -0.952. The first-order chi connectivity index (χ1) is 15.7. The molecule has 2 N–H and O–H groups in total. The largest absolute Gasteiger partial charge is 0.439 e. The number of ether oxygens (including phenoxy) is 1. The lowest BCUT2D eigenvalue weighted by Gasteiger charge is -2.24. The molecule has 0 saturated carbocycles. The minimum Gasteiger partial charge on any atom is -0.439 e. The Morgan fingerprint density at radius 1 is 1.09 bits per heavy atom. The third-order valence-electron chi connectivity index (χ3n) is 4.72. The highest BCUT2D eigenvalue weighted by Gasteiger charge is 2.25. The quantitative estimate of drug-likeness (QED) is 0.462. The molecule has 0 bridgehead atoms. The summed E-state index contributed by atoms with van der Waals surface area (Å²) >= 11 is 0. The summed E-state index contributed by atoms with van der Waals surface area (Å²) in [4.78, 5) is 25.4. The maximum atomic E-state index is 13.8. The number of halogens is 2. The van der Waals surface area contributed by atoms with Crippen molar-refractivity contribution in [1.82, 2.24) is 30.5 Å². The fourth-order valence-electron chi connectivity index (χ4n) is 3.40. The number of fused-ring (bicyclic) bond motifs is 1. The van der Waals surface area contributed by atoms with E-state index in [4.69, 9.17) is 4.74 Å². The van der Waals surface area contributed by atoms with Gasteiger partial charge in [0.2, 0.25) is 0 Å². The van der Waals surface area contributed by atoms with Crippen molar-refractivity contribution < 1.29 is 18.3 Å². The molecule has 10 heteroatoms. The van der Waals surface area contributed by atoms with Gasteiger partial charge in [-0.3, -0.25) is 5.10 Å². The van der Waals surface area contributed by atoms with Gasteiger partial charge in [0, 0.05) is 46.9 Å². The number of amides is 1. The molecule has 1 atom stereocenters. The van der Waals surface area contributed by atoms with Gasteiger partial charge >= 0.3 is 6.09 Å². The lowest BCUT2D eigenvalue weighted by Crippen LogP contribution is -2.41. The zero-order valence-electron chi connectivity index (χ0n) is 18.3. The van der Waals surface area contributed by atoms with Crippen LogP contribution >= 0.6 is 0 Å². The Kier molecular flexibility index (Phi) is 5.99. The van der Waals surface area contributed by atoms with Crippen LogP contribution in [-0.4, -0.2) is 36.8 Å². The van der Waals surface area contributed by atoms with Crippen molar-refractivity contribution in [3.05, 3.63) is 72.1 Å². The number of aromatic nitrogens is 5. The number of carbonyl (C=O) groups is 1. The van der Waals surface area contributed by atoms with E-state index < -0.39 is 29.4 Å². The van der Waals surface area contributed by atoms with Crippen molar-refractivity contribution in [2.45, 2.75) is 38.8 Å². The molecule has 1 amide bonds. The third kappa shape index (κ3) is 5.46. The van der Waals surface area contributed by atoms with Gasteiger partial charge in [-0.25, -0.2) is 28.5 Å². The summed E-state index contributed by atoms with van der Waals surface area (Å²) in [7, 11) is 0. The first-order valence-corrected chi connectivity index (χ1v) is 10.2. The highest BCUT2D eigenvalue weighted by molar-refractivity contribution is 5.80. The Morgan fingerprint density at radius 2 is 1.85 bits per heavy atom. The summed E-state index contributed by atoms with van der Waals surface area (Å²) in [5.41, 5.74) is 2.01. The number of hydrogen-bond donors (Lipinski definition) is 2. The third-order valence-corrected chi connectivity index (χ3v) is 4.72. The molecule has 0 aliphatic carbocycles. The van der Waals surface area contributed by atoms with E-state index in [1.54, 1.807) is 18.6 Å². The molecule has 0 unspecified atom stereocenters. The van der Waals surface area contributed by atoms with Crippen LogP contribution in [0.15, 0.2) is 49.2 Å². The van der Waals surface area contributed by atoms with Crippen LogP contribution in [-0.2, 0) is 11.2 Å². The molecule has 0 aliphatic rings. The molecule has 3 heterocycles. The van der Waals surface area contributed by atoms with Crippen LogP contribution < -0.4 is 5.32 Å². The standard InChI is InChI=1S/C23H22F2N6O2/c1-23(2,3)30-22(32)33-19(6-13-4-16(24)8-17(25)5-13)20-18(11-26-12-28-20)14-7-15-10-29-31-21(15)27-9-14/h4-5,7-12,19H,6H2,1-3H3,(H,30,32)(H,27,29,31)/t19-/m0/s1. The van der Waals surface area contributed by atoms with Crippen LogP contribution in [0.4, 0.5) is 13.6 Å². The van der Waals surface area contributed by atoms with E-state index in [2.05, 4.69) is 30.5 Å². The molecule has 8 nitrogen and oxygen atoms in total. The molecule has 0 radical (unpaired) electrons. The van der Waals surface area contributed by atoms with Crippen molar-refractivity contribution in [3.8, 4) is 11.1 Å². The van der Waals surface area contributed by atoms with E-state index in [1.807, 2.05) is 26.8 Å². The van der Waals surface area contributed by atoms with Gasteiger partial charge in [-0.05, 0) is 44.5 Å². The molecular weight excluding hydrogens is 430 g/mol. The van der Waals surface area contributed by atoms with Crippen molar-refractivity contribution in [3.63, 3.8) is 0 Å². The first-order valence-electron chi connectivity index (χ1n) is 10.2. The van der Waals surface area contributed by atoms with Crippen molar-refractivity contribution >= 4 is 17.1 Å². The van der Waals surface area contributed by atoms with Gasteiger partial charge in [0.1, 0.15) is 18.0 Å². The number of benzene rings is 1. The maximum absolute atomic E-state index is 13.8. The summed E-state index contributed by atoms with van der Waals surface area (Å²) in [6.07, 6.45) is 4.52. The molecule has 0 spiro atoms. The summed E-state index contributed by atoms with van der Waals surface area (Å²) in [6, 6.07) is 5.03. The number of hydrogen-bond acceptors (Lipinski definition) is 6.